The quantitative estimate of drug-likeness (QED) is 0.202. The molecule has 0 heterocycles. The number of hydrogen-bond acceptors (Lipinski definition) is 0. The topological polar surface area (TPSA) is 0 Å². The molecule has 0 N–H and O–H groups in total. The summed E-state index contributed by atoms with van der Waals surface area (Å²) in [7, 11) is 0. The minimum Gasteiger partial charge on any atom is -0.0796 e. The zero-order valence-electron chi connectivity index (χ0n) is 23.5. The smallest absolute Gasteiger partial charge is 0.00953 e. The third-order valence-corrected chi connectivity index (χ3v) is 9.56. The van der Waals surface area contributed by atoms with Crippen molar-refractivity contribution in [3.8, 4) is 33.4 Å². The lowest BCUT2D eigenvalue weighted by molar-refractivity contribution is 0.394. The Bertz CT molecular complexity index is 2010. The summed E-state index contributed by atoms with van der Waals surface area (Å²) in [4.78, 5) is 0. The summed E-state index contributed by atoms with van der Waals surface area (Å²) in [6.45, 7) is 4.83. The first kappa shape index (κ1) is 24.1. The zero-order chi connectivity index (χ0) is 27.6. The highest BCUT2D eigenvalue weighted by molar-refractivity contribution is 6.21. The molecule has 8 rings (SSSR count). The Labute approximate surface area is 242 Å². The molecule has 0 amide bonds. The van der Waals surface area contributed by atoms with Crippen molar-refractivity contribution in [2.24, 2.45) is 5.92 Å². The first-order valence-electron chi connectivity index (χ1n) is 14.7. The Morgan fingerprint density at radius 2 is 1.00 bits per heavy atom. The van der Waals surface area contributed by atoms with E-state index in [1.165, 1.54) is 66.1 Å². The molecule has 6 aromatic rings. The van der Waals surface area contributed by atoms with E-state index in [0.29, 0.717) is 11.8 Å². The highest BCUT2D eigenvalue weighted by Gasteiger charge is 2.44. The van der Waals surface area contributed by atoms with E-state index in [1.807, 2.05) is 0 Å². The Morgan fingerprint density at radius 3 is 1.68 bits per heavy atom. The van der Waals surface area contributed by atoms with Crippen molar-refractivity contribution in [2.75, 3.05) is 0 Å². The van der Waals surface area contributed by atoms with Crippen LogP contribution in [-0.2, 0) is 5.41 Å². The van der Waals surface area contributed by atoms with Crippen molar-refractivity contribution in [3.05, 3.63) is 157 Å². The van der Waals surface area contributed by atoms with Gasteiger partial charge in [-0.3, -0.25) is 0 Å². The summed E-state index contributed by atoms with van der Waals surface area (Å²) < 4.78 is 0. The molecule has 0 nitrogen and oxygen atoms in total. The van der Waals surface area contributed by atoms with Crippen molar-refractivity contribution < 1.29 is 0 Å². The minimum absolute atomic E-state index is 0.0972. The molecule has 0 radical (unpaired) electrons. The Hall–Kier alpha value is -4.68. The van der Waals surface area contributed by atoms with Gasteiger partial charge in [0.15, 0.2) is 0 Å². The van der Waals surface area contributed by atoms with Gasteiger partial charge >= 0.3 is 0 Å². The summed E-state index contributed by atoms with van der Waals surface area (Å²) in [6, 6.07) is 45.0. The van der Waals surface area contributed by atoms with Gasteiger partial charge in [0.1, 0.15) is 0 Å². The van der Waals surface area contributed by atoms with Crippen LogP contribution in [0.4, 0.5) is 0 Å². The van der Waals surface area contributed by atoms with Gasteiger partial charge < -0.3 is 0 Å². The summed E-state index contributed by atoms with van der Waals surface area (Å²) in [5.41, 5.74) is 10.7. The van der Waals surface area contributed by atoms with Crippen LogP contribution in [0.2, 0.25) is 0 Å². The first-order valence-corrected chi connectivity index (χ1v) is 14.7. The molecule has 2 aliphatic carbocycles. The van der Waals surface area contributed by atoms with Crippen molar-refractivity contribution in [3.63, 3.8) is 0 Å². The van der Waals surface area contributed by atoms with Gasteiger partial charge in [0.2, 0.25) is 0 Å². The van der Waals surface area contributed by atoms with Crippen LogP contribution in [0.3, 0.4) is 0 Å². The van der Waals surface area contributed by atoms with E-state index >= 15 is 0 Å². The zero-order valence-corrected chi connectivity index (χ0v) is 23.5. The molecule has 2 atom stereocenters. The summed E-state index contributed by atoms with van der Waals surface area (Å²) >= 11 is 0. The lowest BCUT2D eigenvalue weighted by Crippen LogP contribution is -2.24. The van der Waals surface area contributed by atoms with E-state index in [-0.39, 0.29) is 5.41 Å². The minimum atomic E-state index is 0.0972. The van der Waals surface area contributed by atoms with Crippen LogP contribution in [0.5, 0.6) is 0 Å². The van der Waals surface area contributed by atoms with Crippen LogP contribution in [0.15, 0.2) is 146 Å². The van der Waals surface area contributed by atoms with Crippen LogP contribution in [0.25, 0.3) is 54.9 Å². The second-order valence-electron chi connectivity index (χ2n) is 12.1. The van der Waals surface area contributed by atoms with E-state index in [2.05, 4.69) is 159 Å². The second kappa shape index (κ2) is 9.18. The van der Waals surface area contributed by atoms with E-state index in [1.54, 1.807) is 0 Å². The van der Waals surface area contributed by atoms with Crippen LogP contribution >= 0.6 is 0 Å². The summed E-state index contributed by atoms with van der Waals surface area (Å²) in [5.74, 6) is 0.985. The fourth-order valence-corrected chi connectivity index (χ4v) is 7.55. The average Bonchev–Trinajstić information content (AvgIpc) is 3.26. The van der Waals surface area contributed by atoms with Gasteiger partial charge in [-0.05, 0) is 83.5 Å². The Morgan fingerprint density at radius 1 is 0.463 bits per heavy atom. The van der Waals surface area contributed by atoms with Gasteiger partial charge in [0.25, 0.3) is 0 Å². The summed E-state index contributed by atoms with van der Waals surface area (Å²) in [5, 5.41) is 5.17. The summed E-state index contributed by atoms with van der Waals surface area (Å²) in [6.07, 6.45) is 9.22. The van der Waals surface area contributed by atoms with E-state index in [4.69, 9.17) is 0 Å². The monoisotopic (exact) mass is 524 g/mol. The van der Waals surface area contributed by atoms with Crippen molar-refractivity contribution in [2.45, 2.75) is 25.2 Å². The van der Waals surface area contributed by atoms with Gasteiger partial charge in [-0.2, -0.15) is 0 Å². The molecule has 41 heavy (non-hydrogen) atoms. The van der Waals surface area contributed by atoms with Crippen LogP contribution in [-0.4, -0.2) is 0 Å². The van der Waals surface area contributed by atoms with Gasteiger partial charge in [-0.1, -0.05) is 153 Å². The third kappa shape index (κ3) is 3.67. The second-order valence-corrected chi connectivity index (χ2v) is 12.1. The Kier molecular flexibility index (Phi) is 5.41. The molecule has 0 aliphatic heterocycles. The maximum absolute atomic E-state index is 2.47. The number of benzene rings is 6. The molecule has 0 spiro atoms. The Balaban J connectivity index is 1.41. The molecule has 0 bridgehead atoms. The van der Waals surface area contributed by atoms with Crippen molar-refractivity contribution in [1.29, 1.82) is 0 Å². The average molecular weight is 525 g/mol. The highest BCUT2D eigenvalue weighted by atomic mass is 14.5. The molecular formula is C41H32. The normalized spacial score (nSPS) is 18.5. The van der Waals surface area contributed by atoms with Gasteiger partial charge in [-0.15, -0.1) is 0 Å². The first-order chi connectivity index (χ1) is 20.1. The third-order valence-electron chi connectivity index (χ3n) is 9.56. The van der Waals surface area contributed by atoms with E-state index in [9.17, 15) is 0 Å². The van der Waals surface area contributed by atoms with Crippen molar-refractivity contribution >= 4 is 21.5 Å². The molecule has 2 unspecified atom stereocenters. The predicted molar refractivity (Wildman–Crippen MR) is 175 cm³/mol. The van der Waals surface area contributed by atoms with Gasteiger partial charge in [0, 0.05) is 5.92 Å². The highest BCUT2D eigenvalue weighted by Crippen LogP contribution is 2.53. The maximum atomic E-state index is 2.47. The fraction of sp³-hybridized carbons (Fsp3) is 0.122. The molecular weight excluding hydrogens is 492 g/mol. The fourth-order valence-electron chi connectivity index (χ4n) is 7.55. The molecule has 2 aliphatic rings. The molecule has 0 saturated carbocycles. The molecule has 0 aromatic heterocycles. The van der Waals surface area contributed by atoms with Crippen LogP contribution in [0, 0.1) is 5.92 Å². The predicted octanol–water partition coefficient (Wildman–Crippen LogP) is 11.1. The SMILES string of the molecule is CC1(C)c2cc(-c3ccc4c(-c5ccccc5)c5ccccc5c(-c5ccccc5)c4c3)ccc2C2C=CC=CC21. The number of fused-ring (bicyclic) bond motifs is 5. The lowest BCUT2D eigenvalue weighted by atomic mass is 9.74. The van der Waals surface area contributed by atoms with Gasteiger partial charge in [-0.25, -0.2) is 0 Å². The van der Waals surface area contributed by atoms with Crippen molar-refractivity contribution in [1.82, 2.24) is 0 Å². The van der Waals surface area contributed by atoms with E-state index in [0.717, 1.165) is 0 Å². The maximum Gasteiger partial charge on any atom is 0.00953 e. The number of hydrogen-bond donors (Lipinski definition) is 0. The number of rotatable bonds is 3. The number of allylic oxidation sites excluding steroid dienone is 4. The molecule has 0 fully saturated rings. The van der Waals surface area contributed by atoms with Crippen LogP contribution < -0.4 is 0 Å². The standard InChI is InChI=1S/C41H32/c1-41(2)37-20-12-11-17-31(37)32-23-21-30(26-38(32)41)29-22-24-35-36(25-29)40(28-15-7-4-8-16-28)34-19-10-9-18-33(34)39(35)27-13-5-3-6-14-27/h3-26,31,37H,1-2H3. The lowest BCUT2D eigenvalue weighted by Gasteiger charge is -2.29. The van der Waals surface area contributed by atoms with Crippen LogP contribution in [0.1, 0.15) is 30.9 Å². The molecule has 6 aromatic carbocycles. The largest absolute Gasteiger partial charge is 0.0796 e. The van der Waals surface area contributed by atoms with Gasteiger partial charge in [0.05, 0.1) is 0 Å². The molecule has 0 saturated heterocycles. The van der Waals surface area contributed by atoms with E-state index < -0.39 is 0 Å². The molecule has 196 valence electrons. The molecule has 0 heteroatoms.